The van der Waals surface area contributed by atoms with Crippen LogP contribution in [-0.2, 0) is 14.5 Å². The number of nitrogens with zero attached hydrogens (tertiary/aromatic N) is 1. The lowest BCUT2D eigenvalue weighted by Gasteiger charge is -2.38. The highest BCUT2D eigenvalue weighted by atomic mass is 19.1. The predicted molar refractivity (Wildman–Crippen MR) is 81.9 cm³/mol. The van der Waals surface area contributed by atoms with E-state index < -0.39 is 17.7 Å². The highest BCUT2D eigenvalue weighted by Crippen LogP contribution is 2.35. The first-order valence-corrected chi connectivity index (χ1v) is 8.42. The maximum Gasteiger partial charge on any atom is 0.129 e. The first-order chi connectivity index (χ1) is 11.6. The number of benzene rings is 1. The zero-order chi connectivity index (χ0) is 16.7. The van der Waals surface area contributed by atoms with Gasteiger partial charge in [-0.3, -0.25) is 4.90 Å². The average molecular weight is 340 g/mol. The van der Waals surface area contributed by atoms with Gasteiger partial charge in [-0.25, -0.2) is 18.6 Å². The van der Waals surface area contributed by atoms with E-state index >= 15 is 0 Å². The Morgan fingerprint density at radius 1 is 1.04 bits per heavy atom. The SMILES string of the molecule is N[C@H]1C[C@@H](N2CC3COOCC3C2)CO[C@@H]1c1cc(F)ccc1F. The third-order valence-corrected chi connectivity index (χ3v) is 5.43. The van der Waals surface area contributed by atoms with Crippen LogP contribution in [-0.4, -0.2) is 49.9 Å². The van der Waals surface area contributed by atoms with E-state index in [1.165, 1.54) is 6.07 Å². The molecule has 3 aliphatic heterocycles. The molecule has 0 spiro atoms. The van der Waals surface area contributed by atoms with Crippen LogP contribution in [0.25, 0.3) is 0 Å². The summed E-state index contributed by atoms with van der Waals surface area (Å²) in [6, 6.07) is 3.23. The number of halogens is 2. The maximum atomic E-state index is 14.0. The van der Waals surface area contributed by atoms with Crippen molar-refractivity contribution in [3.05, 3.63) is 35.4 Å². The second-order valence-electron chi connectivity index (χ2n) is 7.02. The van der Waals surface area contributed by atoms with Gasteiger partial charge in [-0.1, -0.05) is 0 Å². The standard InChI is InChI=1S/C17H22F2N2O3/c18-12-1-2-15(19)14(3-12)17-16(20)4-13(9-22-17)21-5-10-7-23-24-8-11(10)6-21/h1-3,10-11,13,16-17H,4-9,20H2/t10?,11?,13-,16+,17-/m1/s1. The number of hydrogen-bond acceptors (Lipinski definition) is 5. The topological polar surface area (TPSA) is 57.0 Å². The van der Waals surface area contributed by atoms with Crippen molar-refractivity contribution in [3.8, 4) is 0 Å². The zero-order valence-electron chi connectivity index (χ0n) is 13.4. The lowest BCUT2D eigenvalue weighted by Crippen LogP contribution is -2.48. The van der Waals surface area contributed by atoms with Crippen molar-refractivity contribution in [1.29, 1.82) is 0 Å². The summed E-state index contributed by atoms with van der Waals surface area (Å²) in [7, 11) is 0. The van der Waals surface area contributed by atoms with Crippen molar-refractivity contribution in [1.82, 2.24) is 4.90 Å². The summed E-state index contributed by atoms with van der Waals surface area (Å²) in [5.74, 6) is 0.00598. The van der Waals surface area contributed by atoms with E-state index in [4.69, 9.17) is 20.2 Å². The van der Waals surface area contributed by atoms with E-state index in [1.54, 1.807) is 0 Å². The van der Waals surface area contributed by atoms with Crippen LogP contribution < -0.4 is 5.73 Å². The lowest BCUT2D eigenvalue weighted by atomic mass is 9.93. The molecule has 0 saturated carbocycles. The molecule has 1 aromatic carbocycles. The molecule has 4 rings (SSSR count). The molecule has 0 aromatic heterocycles. The van der Waals surface area contributed by atoms with Crippen LogP contribution in [0.2, 0.25) is 0 Å². The number of hydrogen-bond donors (Lipinski definition) is 1. The summed E-state index contributed by atoms with van der Waals surface area (Å²) in [4.78, 5) is 12.5. The van der Waals surface area contributed by atoms with Gasteiger partial charge in [-0.15, -0.1) is 0 Å². The highest BCUT2D eigenvalue weighted by molar-refractivity contribution is 5.23. The number of ether oxygens (including phenoxy) is 1. The summed E-state index contributed by atoms with van der Waals surface area (Å²) in [6.45, 7) is 3.59. The van der Waals surface area contributed by atoms with E-state index in [-0.39, 0.29) is 17.6 Å². The van der Waals surface area contributed by atoms with Gasteiger partial charge in [0.1, 0.15) is 17.7 Å². The van der Waals surface area contributed by atoms with Crippen LogP contribution in [0.3, 0.4) is 0 Å². The Labute approximate surface area is 139 Å². The van der Waals surface area contributed by atoms with Gasteiger partial charge in [0.2, 0.25) is 0 Å². The minimum Gasteiger partial charge on any atom is -0.370 e. The van der Waals surface area contributed by atoms with Gasteiger partial charge in [-0.05, 0) is 24.6 Å². The minimum absolute atomic E-state index is 0.193. The van der Waals surface area contributed by atoms with Gasteiger partial charge >= 0.3 is 0 Å². The zero-order valence-corrected chi connectivity index (χ0v) is 13.4. The number of nitrogens with two attached hydrogens (primary N) is 1. The monoisotopic (exact) mass is 340 g/mol. The fourth-order valence-electron chi connectivity index (χ4n) is 4.07. The molecule has 3 aliphatic rings. The first kappa shape index (κ1) is 16.4. The molecule has 132 valence electrons. The highest BCUT2D eigenvalue weighted by Gasteiger charge is 2.42. The average Bonchev–Trinajstić information content (AvgIpc) is 3.01. The summed E-state index contributed by atoms with van der Waals surface area (Å²) in [6.07, 6.45) is 0.0930. The van der Waals surface area contributed by atoms with Gasteiger partial charge < -0.3 is 10.5 Å². The molecule has 7 heteroatoms. The fourth-order valence-corrected chi connectivity index (χ4v) is 4.07. The molecule has 1 aromatic rings. The second-order valence-corrected chi connectivity index (χ2v) is 7.02. The molecule has 0 radical (unpaired) electrons. The van der Waals surface area contributed by atoms with Crippen molar-refractivity contribution in [2.75, 3.05) is 32.9 Å². The van der Waals surface area contributed by atoms with E-state index in [0.29, 0.717) is 38.1 Å². The molecule has 0 aliphatic carbocycles. The van der Waals surface area contributed by atoms with E-state index in [1.807, 2.05) is 0 Å². The van der Waals surface area contributed by atoms with Crippen LogP contribution in [0, 0.1) is 23.5 Å². The fraction of sp³-hybridized carbons (Fsp3) is 0.647. The molecule has 5 atom stereocenters. The molecule has 2 unspecified atom stereocenters. The van der Waals surface area contributed by atoms with Gasteiger partial charge in [0.15, 0.2) is 0 Å². The van der Waals surface area contributed by atoms with Gasteiger partial charge in [0, 0.05) is 42.6 Å². The molecular formula is C17H22F2N2O3. The van der Waals surface area contributed by atoms with Crippen molar-refractivity contribution in [2.24, 2.45) is 17.6 Å². The van der Waals surface area contributed by atoms with Gasteiger partial charge in [-0.2, -0.15) is 0 Å². The third kappa shape index (κ3) is 3.07. The van der Waals surface area contributed by atoms with Crippen LogP contribution in [0.1, 0.15) is 18.1 Å². The Bertz CT molecular complexity index is 589. The molecule has 0 bridgehead atoms. The van der Waals surface area contributed by atoms with Crippen molar-refractivity contribution >= 4 is 0 Å². The molecule has 5 nitrogen and oxygen atoms in total. The van der Waals surface area contributed by atoms with Gasteiger partial charge in [0.25, 0.3) is 0 Å². The maximum absolute atomic E-state index is 14.0. The number of fused-ring (bicyclic) bond motifs is 1. The van der Waals surface area contributed by atoms with E-state index in [0.717, 1.165) is 25.2 Å². The second kappa shape index (κ2) is 6.65. The van der Waals surface area contributed by atoms with Crippen molar-refractivity contribution < 1.29 is 23.3 Å². The molecule has 3 saturated heterocycles. The first-order valence-electron chi connectivity index (χ1n) is 8.42. The Morgan fingerprint density at radius 3 is 2.42 bits per heavy atom. The summed E-state index contributed by atoms with van der Waals surface area (Å²) in [5.41, 5.74) is 6.45. The molecular weight excluding hydrogens is 318 g/mol. The minimum atomic E-state index is -0.603. The van der Waals surface area contributed by atoms with E-state index in [2.05, 4.69) is 4.90 Å². The summed E-state index contributed by atoms with van der Waals surface area (Å²) in [5, 5.41) is 0. The summed E-state index contributed by atoms with van der Waals surface area (Å²) >= 11 is 0. The Morgan fingerprint density at radius 2 is 1.75 bits per heavy atom. The summed E-state index contributed by atoms with van der Waals surface area (Å²) < 4.78 is 33.3. The smallest absolute Gasteiger partial charge is 0.129 e. The van der Waals surface area contributed by atoms with Crippen LogP contribution in [0.4, 0.5) is 8.78 Å². The van der Waals surface area contributed by atoms with Crippen LogP contribution >= 0.6 is 0 Å². The quantitative estimate of drug-likeness (QED) is 0.830. The molecule has 24 heavy (non-hydrogen) atoms. The van der Waals surface area contributed by atoms with Crippen molar-refractivity contribution in [3.63, 3.8) is 0 Å². The van der Waals surface area contributed by atoms with E-state index in [9.17, 15) is 8.78 Å². The predicted octanol–water partition coefficient (Wildman–Crippen LogP) is 1.63. The lowest BCUT2D eigenvalue weighted by molar-refractivity contribution is -0.332. The molecule has 2 N–H and O–H groups in total. The molecule has 3 fully saturated rings. The molecule has 0 amide bonds. The Balaban J connectivity index is 1.42. The Hall–Kier alpha value is -1.12. The number of rotatable bonds is 2. The number of likely N-dealkylation sites (tertiary alicyclic amines) is 1. The Kier molecular flexibility index (Phi) is 4.53. The third-order valence-electron chi connectivity index (χ3n) is 5.43. The van der Waals surface area contributed by atoms with Crippen molar-refractivity contribution in [2.45, 2.75) is 24.6 Å². The molecule has 3 heterocycles. The van der Waals surface area contributed by atoms with Gasteiger partial charge in [0.05, 0.1) is 19.8 Å². The van der Waals surface area contributed by atoms with Crippen LogP contribution in [0.15, 0.2) is 18.2 Å². The normalized spacial score (nSPS) is 37.4. The largest absolute Gasteiger partial charge is 0.370 e. The van der Waals surface area contributed by atoms with Crippen LogP contribution in [0.5, 0.6) is 0 Å².